The number of aliphatic hydroxyl groups is 3. The molecule has 1 aromatic rings. The van der Waals surface area contributed by atoms with Gasteiger partial charge < -0.3 is 24.8 Å². The van der Waals surface area contributed by atoms with Crippen molar-refractivity contribution in [2.45, 2.75) is 37.6 Å². The van der Waals surface area contributed by atoms with Crippen molar-refractivity contribution in [1.82, 2.24) is 9.55 Å². The van der Waals surface area contributed by atoms with Gasteiger partial charge in [0.05, 0.1) is 12.8 Å². The van der Waals surface area contributed by atoms with E-state index in [-0.39, 0.29) is 0 Å². The zero-order chi connectivity index (χ0) is 17.3. The zero-order valence-corrected chi connectivity index (χ0v) is 11.9. The van der Waals surface area contributed by atoms with Crippen molar-refractivity contribution in [3.8, 4) is 0 Å². The fourth-order valence-electron chi connectivity index (χ4n) is 2.26. The van der Waals surface area contributed by atoms with Crippen molar-refractivity contribution in [3.05, 3.63) is 32.9 Å². The number of carbonyl (C=O) groups excluding carboxylic acids is 1. The van der Waals surface area contributed by atoms with Crippen LogP contribution in [-0.4, -0.2) is 61.9 Å². The van der Waals surface area contributed by atoms with E-state index in [4.69, 9.17) is 14.6 Å². The molecule has 0 radical (unpaired) electrons. The number of hydrogen-bond acceptors (Lipinski definition) is 8. The number of aromatic amines is 1. The Balaban J connectivity index is 2.50. The molecule has 0 bridgehead atoms. The Morgan fingerprint density at radius 2 is 2.09 bits per heavy atom. The Morgan fingerprint density at radius 3 is 2.65 bits per heavy atom. The van der Waals surface area contributed by atoms with Gasteiger partial charge >= 0.3 is 11.7 Å². The Labute approximate surface area is 127 Å². The van der Waals surface area contributed by atoms with Crippen LogP contribution in [0.3, 0.4) is 0 Å². The van der Waals surface area contributed by atoms with Crippen molar-refractivity contribution in [2.24, 2.45) is 0 Å². The van der Waals surface area contributed by atoms with Crippen LogP contribution >= 0.6 is 0 Å². The molecule has 128 valence electrons. The molecule has 2 heterocycles. The van der Waals surface area contributed by atoms with Gasteiger partial charge in [0.1, 0.15) is 18.3 Å². The molecule has 1 fully saturated rings. The highest BCUT2D eigenvalue weighted by atomic mass is 19.1. The molecule has 0 spiro atoms. The summed E-state index contributed by atoms with van der Waals surface area (Å²) in [5.41, 5.74) is -2.34. The largest absolute Gasteiger partial charge is 0.455 e. The molecule has 0 aliphatic carbocycles. The summed E-state index contributed by atoms with van der Waals surface area (Å²) in [5, 5.41) is 29.0. The van der Waals surface area contributed by atoms with E-state index < -0.39 is 60.3 Å². The number of esters is 1. The highest BCUT2D eigenvalue weighted by Crippen LogP contribution is 2.29. The van der Waals surface area contributed by atoms with Crippen LogP contribution in [0.25, 0.3) is 0 Å². The number of H-pyrrole nitrogens is 1. The van der Waals surface area contributed by atoms with Crippen LogP contribution < -0.4 is 11.2 Å². The number of nitrogens with one attached hydrogen (secondary N) is 1. The fraction of sp³-hybridized carbons (Fsp3) is 0.583. The smallest absolute Gasteiger partial charge is 0.330 e. The van der Waals surface area contributed by atoms with Gasteiger partial charge in [0, 0.05) is 6.92 Å². The second-order valence-electron chi connectivity index (χ2n) is 4.95. The zero-order valence-electron chi connectivity index (χ0n) is 11.9. The van der Waals surface area contributed by atoms with E-state index in [1.165, 1.54) is 0 Å². The summed E-state index contributed by atoms with van der Waals surface area (Å²) in [5.74, 6) is -2.16. The Morgan fingerprint density at radius 1 is 1.43 bits per heavy atom. The first-order valence-electron chi connectivity index (χ1n) is 6.57. The van der Waals surface area contributed by atoms with Crippen LogP contribution in [0, 0.1) is 5.82 Å². The third-order valence-corrected chi connectivity index (χ3v) is 3.34. The quantitative estimate of drug-likeness (QED) is 0.433. The molecule has 1 aliphatic heterocycles. The molecule has 23 heavy (non-hydrogen) atoms. The molecular formula is C12H15FN2O8. The maximum atomic E-state index is 13.4. The number of carbonyl (C=O) groups is 1. The minimum absolute atomic E-state index is 0.515. The molecule has 2 rings (SSSR count). The standard InChI is InChI=1S/C12H15FN2O8/c1-4(17)22-9-8(19)7(18)6(3-16)23-11(9)15-2-5(13)10(20)14-12(15)21/h2,6-9,11,16,18-19H,3H2,1H3,(H,14,20,21)/t6-,7+,8+,9-,11-/m1/s1. The Kier molecular flexibility index (Phi) is 4.94. The minimum atomic E-state index is -1.71. The van der Waals surface area contributed by atoms with Crippen molar-refractivity contribution in [3.63, 3.8) is 0 Å². The average molecular weight is 334 g/mol. The molecular weight excluding hydrogens is 319 g/mol. The van der Waals surface area contributed by atoms with Crippen molar-refractivity contribution in [1.29, 1.82) is 0 Å². The molecule has 4 N–H and O–H groups in total. The number of rotatable bonds is 3. The van der Waals surface area contributed by atoms with Crippen LogP contribution in [0.2, 0.25) is 0 Å². The lowest BCUT2D eigenvalue weighted by atomic mass is 9.98. The first kappa shape index (κ1) is 17.3. The van der Waals surface area contributed by atoms with Gasteiger partial charge in [0.25, 0.3) is 5.56 Å². The summed E-state index contributed by atoms with van der Waals surface area (Å²) >= 11 is 0. The molecule has 1 aliphatic rings. The minimum Gasteiger partial charge on any atom is -0.455 e. The van der Waals surface area contributed by atoms with E-state index in [0.29, 0.717) is 10.8 Å². The van der Waals surface area contributed by atoms with Gasteiger partial charge in [0.2, 0.25) is 5.82 Å². The van der Waals surface area contributed by atoms with Gasteiger partial charge in [0.15, 0.2) is 12.3 Å². The monoisotopic (exact) mass is 334 g/mol. The van der Waals surface area contributed by atoms with Crippen LogP contribution in [0.5, 0.6) is 0 Å². The first-order chi connectivity index (χ1) is 10.8. The third-order valence-electron chi connectivity index (χ3n) is 3.34. The summed E-state index contributed by atoms with van der Waals surface area (Å²) < 4.78 is 24.0. The van der Waals surface area contributed by atoms with Gasteiger partial charge in [-0.05, 0) is 0 Å². The van der Waals surface area contributed by atoms with Gasteiger partial charge in [-0.25, -0.2) is 4.79 Å². The van der Waals surface area contributed by atoms with E-state index in [0.717, 1.165) is 6.92 Å². The maximum absolute atomic E-state index is 13.4. The van der Waals surface area contributed by atoms with E-state index >= 15 is 0 Å². The number of hydrogen-bond donors (Lipinski definition) is 4. The van der Waals surface area contributed by atoms with Gasteiger partial charge in [-0.15, -0.1) is 0 Å². The van der Waals surface area contributed by atoms with Crippen molar-refractivity contribution in [2.75, 3.05) is 6.61 Å². The summed E-state index contributed by atoms with van der Waals surface area (Å²) in [6.45, 7) is 0.298. The normalized spacial score (nSPS) is 30.9. The summed E-state index contributed by atoms with van der Waals surface area (Å²) in [6, 6.07) is 0. The number of ether oxygens (including phenoxy) is 2. The van der Waals surface area contributed by atoms with Gasteiger partial charge in [-0.1, -0.05) is 0 Å². The van der Waals surface area contributed by atoms with E-state index in [1.54, 1.807) is 4.98 Å². The van der Waals surface area contributed by atoms with Crippen LogP contribution in [-0.2, 0) is 14.3 Å². The average Bonchev–Trinajstić information content (AvgIpc) is 2.48. The highest BCUT2D eigenvalue weighted by Gasteiger charge is 2.47. The third kappa shape index (κ3) is 3.32. The molecule has 0 saturated carbocycles. The SMILES string of the molecule is CC(=O)O[C@@H]1[C@@H](O)[C@@H](O)[C@@H](CO)O[C@H]1n1cc(F)c(=O)[nH]c1=O. The van der Waals surface area contributed by atoms with E-state index in [2.05, 4.69) is 0 Å². The lowest BCUT2D eigenvalue weighted by Crippen LogP contribution is -2.59. The molecule has 0 amide bonds. The topological polar surface area (TPSA) is 151 Å². The second kappa shape index (κ2) is 6.58. The van der Waals surface area contributed by atoms with Crippen molar-refractivity contribution >= 4 is 5.97 Å². The Bertz CT molecular complexity index is 701. The lowest BCUT2D eigenvalue weighted by molar-refractivity contribution is -0.258. The predicted molar refractivity (Wildman–Crippen MR) is 69.8 cm³/mol. The first-order valence-corrected chi connectivity index (χ1v) is 6.57. The molecule has 10 nitrogen and oxygen atoms in total. The second-order valence-corrected chi connectivity index (χ2v) is 4.95. The molecule has 1 aromatic heterocycles. The van der Waals surface area contributed by atoms with Crippen LogP contribution in [0.4, 0.5) is 4.39 Å². The Hall–Kier alpha value is -2.08. The number of aliphatic hydroxyl groups excluding tert-OH is 3. The van der Waals surface area contributed by atoms with Crippen LogP contribution in [0.15, 0.2) is 15.8 Å². The summed E-state index contributed by atoms with van der Waals surface area (Å²) in [6.07, 6.45) is -7.24. The molecule has 5 atom stereocenters. The van der Waals surface area contributed by atoms with Gasteiger partial charge in [-0.2, -0.15) is 4.39 Å². The summed E-state index contributed by atoms with van der Waals surface area (Å²) in [4.78, 5) is 35.7. The summed E-state index contributed by atoms with van der Waals surface area (Å²) in [7, 11) is 0. The number of aromatic nitrogens is 2. The lowest BCUT2D eigenvalue weighted by Gasteiger charge is -2.41. The van der Waals surface area contributed by atoms with Gasteiger partial charge in [-0.3, -0.25) is 19.1 Å². The predicted octanol–water partition coefficient (Wildman–Crippen LogP) is -2.78. The molecule has 0 unspecified atom stereocenters. The molecule has 11 heteroatoms. The van der Waals surface area contributed by atoms with E-state index in [1.807, 2.05) is 0 Å². The molecule has 1 saturated heterocycles. The van der Waals surface area contributed by atoms with Crippen molar-refractivity contribution < 1.29 is 34.0 Å². The van der Waals surface area contributed by atoms with Crippen LogP contribution in [0.1, 0.15) is 13.2 Å². The maximum Gasteiger partial charge on any atom is 0.330 e. The fourth-order valence-corrected chi connectivity index (χ4v) is 2.26. The number of nitrogens with zero attached hydrogens (tertiary/aromatic N) is 1. The molecule has 0 aromatic carbocycles. The number of halogens is 1. The highest BCUT2D eigenvalue weighted by molar-refractivity contribution is 5.66. The van der Waals surface area contributed by atoms with E-state index in [9.17, 15) is 29.0 Å².